The Hall–Kier alpha value is -3.41. The van der Waals surface area contributed by atoms with Crippen LogP contribution in [-0.4, -0.2) is 15.9 Å². The van der Waals surface area contributed by atoms with Crippen LogP contribution >= 0.6 is 0 Å². The lowest BCUT2D eigenvalue weighted by molar-refractivity contribution is 0.102. The molecule has 0 saturated heterocycles. The van der Waals surface area contributed by atoms with Crippen LogP contribution in [-0.2, 0) is 12.0 Å². The molecule has 0 unspecified atom stereocenters. The minimum atomic E-state index is -0.250. The molecule has 0 spiro atoms. The van der Waals surface area contributed by atoms with Crippen molar-refractivity contribution in [1.29, 1.82) is 0 Å². The molecule has 0 saturated carbocycles. The molecule has 144 valence electrons. The van der Waals surface area contributed by atoms with Gasteiger partial charge < -0.3 is 16.4 Å². The monoisotopic (exact) mass is 375 g/mol. The Morgan fingerprint density at radius 1 is 1.04 bits per heavy atom. The highest BCUT2D eigenvalue weighted by atomic mass is 16.1. The molecule has 0 fully saturated rings. The molecule has 0 aliphatic rings. The van der Waals surface area contributed by atoms with Crippen LogP contribution in [0.25, 0.3) is 0 Å². The van der Waals surface area contributed by atoms with Crippen LogP contribution in [0.3, 0.4) is 0 Å². The Morgan fingerprint density at radius 2 is 1.82 bits per heavy atom. The quantitative estimate of drug-likeness (QED) is 0.581. The second kappa shape index (κ2) is 8.08. The first-order valence-corrected chi connectivity index (χ1v) is 9.15. The number of anilines is 3. The Labute approximate surface area is 165 Å². The summed E-state index contributed by atoms with van der Waals surface area (Å²) in [6, 6.07) is 14.8. The fourth-order valence-electron chi connectivity index (χ4n) is 2.93. The Kier molecular flexibility index (Phi) is 5.59. The predicted molar refractivity (Wildman–Crippen MR) is 113 cm³/mol. The van der Waals surface area contributed by atoms with Crippen molar-refractivity contribution in [3.8, 4) is 0 Å². The minimum Gasteiger partial charge on any atom is -0.398 e. The van der Waals surface area contributed by atoms with Gasteiger partial charge in [0.25, 0.3) is 5.91 Å². The highest BCUT2D eigenvalue weighted by Crippen LogP contribution is 2.30. The molecular weight excluding hydrogens is 350 g/mol. The van der Waals surface area contributed by atoms with Crippen LogP contribution < -0.4 is 16.4 Å². The standard InChI is InChI=1S/C22H25N5O/c1-22(2,3)18-10-9-15(13-19(18)23)27-21(28)17-8-6-12-25-20(17)26-14-16-7-4-5-11-24-16/h4-13H,14,23H2,1-3H3,(H,25,26)(H,27,28). The average molecular weight is 375 g/mol. The van der Waals surface area contributed by atoms with Gasteiger partial charge in [0.15, 0.2) is 0 Å². The van der Waals surface area contributed by atoms with Crippen molar-refractivity contribution >= 4 is 23.1 Å². The summed E-state index contributed by atoms with van der Waals surface area (Å²) in [4.78, 5) is 21.4. The van der Waals surface area contributed by atoms with E-state index in [2.05, 4.69) is 41.4 Å². The number of amides is 1. The third-order valence-corrected chi connectivity index (χ3v) is 4.33. The van der Waals surface area contributed by atoms with Crippen LogP contribution in [0.5, 0.6) is 0 Å². The maximum Gasteiger partial charge on any atom is 0.259 e. The van der Waals surface area contributed by atoms with E-state index in [1.807, 2.05) is 30.3 Å². The van der Waals surface area contributed by atoms with Gasteiger partial charge in [0.05, 0.1) is 17.8 Å². The number of aromatic nitrogens is 2. The van der Waals surface area contributed by atoms with E-state index in [0.717, 1.165) is 11.3 Å². The summed E-state index contributed by atoms with van der Waals surface area (Å²) in [6.45, 7) is 6.79. The van der Waals surface area contributed by atoms with E-state index < -0.39 is 0 Å². The summed E-state index contributed by atoms with van der Waals surface area (Å²) in [6.07, 6.45) is 3.38. The molecule has 1 aromatic carbocycles. The number of nitrogen functional groups attached to an aromatic ring is 1. The molecule has 0 bridgehead atoms. The zero-order chi connectivity index (χ0) is 20.1. The zero-order valence-corrected chi connectivity index (χ0v) is 16.4. The normalized spacial score (nSPS) is 11.1. The van der Waals surface area contributed by atoms with E-state index in [1.54, 1.807) is 30.6 Å². The maximum atomic E-state index is 12.8. The first-order chi connectivity index (χ1) is 13.3. The first-order valence-electron chi connectivity index (χ1n) is 9.15. The minimum absolute atomic E-state index is 0.0570. The third kappa shape index (κ3) is 4.65. The number of pyridine rings is 2. The average Bonchev–Trinajstić information content (AvgIpc) is 2.66. The largest absolute Gasteiger partial charge is 0.398 e. The topological polar surface area (TPSA) is 92.9 Å². The van der Waals surface area contributed by atoms with Crippen molar-refractivity contribution in [2.75, 3.05) is 16.4 Å². The number of rotatable bonds is 5. The molecule has 1 amide bonds. The molecule has 6 nitrogen and oxygen atoms in total. The molecule has 4 N–H and O–H groups in total. The summed E-state index contributed by atoms with van der Waals surface area (Å²) in [5.41, 5.74) is 9.80. The Balaban J connectivity index is 1.75. The van der Waals surface area contributed by atoms with Crippen molar-refractivity contribution in [1.82, 2.24) is 9.97 Å². The molecule has 0 aliphatic heterocycles. The van der Waals surface area contributed by atoms with Gasteiger partial charge in [0.1, 0.15) is 5.82 Å². The van der Waals surface area contributed by atoms with Gasteiger partial charge in [-0.1, -0.05) is 32.9 Å². The van der Waals surface area contributed by atoms with Gasteiger partial charge in [0, 0.05) is 23.8 Å². The van der Waals surface area contributed by atoms with Crippen LogP contribution in [0.15, 0.2) is 60.9 Å². The summed E-state index contributed by atoms with van der Waals surface area (Å²) < 4.78 is 0. The number of nitrogens with two attached hydrogens (primary N) is 1. The molecule has 28 heavy (non-hydrogen) atoms. The summed E-state index contributed by atoms with van der Waals surface area (Å²) in [5.74, 6) is 0.254. The summed E-state index contributed by atoms with van der Waals surface area (Å²) >= 11 is 0. The molecule has 0 radical (unpaired) electrons. The van der Waals surface area contributed by atoms with Crippen LogP contribution in [0.2, 0.25) is 0 Å². The number of nitrogens with one attached hydrogen (secondary N) is 2. The number of carbonyl (C=O) groups is 1. The number of hydrogen-bond donors (Lipinski definition) is 3. The second-order valence-electron chi connectivity index (χ2n) is 7.58. The maximum absolute atomic E-state index is 12.8. The van der Waals surface area contributed by atoms with E-state index in [9.17, 15) is 4.79 Å². The van der Waals surface area contributed by atoms with Gasteiger partial charge in [-0.05, 0) is 47.4 Å². The molecular formula is C22H25N5O. The van der Waals surface area contributed by atoms with E-state index in [4.69, 9.17) is 5.73 Å². The molecule has 2 heterocycles. The predicted octanol–water partition coefficient (Wildman–Crippen LogP) is 4.22. The number of carbonyl (C=O) groups excluding carboxylic acids is 1. The fourth-order valence-corrected chi connectivity index (χ4v) is 2.93. The van der Waals surface area contributed by atoms with Crippen molar-refractivity contribution in [2.24, 2.45) is 0 Å². The van der Waals surface area contributed by atoms with E-state index in [-0.39, 0.29) is 11.3 Å². The third-order valence-electron chi connectivity index (χ3n) is 4.33. The summed E-state index contributed by atoms with van der Waals surface area (Å²) in [7, 11) is 0. The van der Waals surface area contributed by atoms with Crippen molar-refractivity contribution in [2.45, 2.75) is 32.7 Å². The molecule has 3 aromatic rings. The molecule has 0 atom stereocenters. The van der Waals surface area contributed by atoms with E-state index in [1.165, 1.54) is 0 Å². The molecule has 0 aliphatic carbocycles. The zero-order valence-electron chi connectivity index (χ0n) is 16.4. The first kappa shape index (κ1) is 19.4. The smallest absolute Gasteiger partial charge is 0.259 e. The van der Waals surface area contributed by atoms with Gasteiger partial charge in [-0.25, -0.2) is 4.98 Å². The van der Waals surface area contributed by atoms with Gasteiger partial charge in [-0.3, -0.25) is 9.78 Å². The molecule has 3 rings (SSSR count). The van der Waals surface area contributed by atoms with Gasteiger partial charge in [-0.2, -0.15) is 0 Å². The Morgan fingerprint density at radius 3 is 2.50 bits per heavy atom. The molecule has 2 aromatic heterocycles. The highest BCUT2D eigenvalue weighted by molar-refractivity contribution is 6.07. The Bertz CT molecular complexity index is 964. The van der Waals surface area contributed by atoms with Gasteiger partial charge >= 0.3 is 0 Å². The van der Waals surface area contributed by atoms with Gasteiger partial charge in [-0.15, -0.1) is 0 Å². The van der Waals surface area contributed by atoms with Gasteiger partial charge in [0.2, 0.25) is 0 Å². The highest BCUT2D eigenvalue weighted by Gasteiger charge is 2.18. The lowest BCUT2D eigenvalue weighted by Gasteiger charge is -2.21. The number of nitrogens with zero attached hydrogens (tertiary/aromatic N) is 2. The van der Waals surface area contributed by atoms with E-state index in [0.29, 0.717) is 29.3 Å². The van der Waals surface area contributed by atoms with Crippen LogP contribution in [0.4, 0.5) is 17.2 Å². The van der Waals surface area contributed by atoms with Crippen molar-refractivity contribution in [3.63, 3.8) is 0 Å². The number of hydrogen-bond acceptors (Lipinski definition) is 5. The van der Waals surface area contributed by atoms with Crippen LogP contribution in [0, 0.1) is 0 Å². The lowest BCUT2D eigenvalue weighted by atomic mass is 9.86. The van der Waals surface area contributed by atoms with E-state index >= 15 is 0 Å². The molecule has 6 heteroatoms. The lowest BCUT2D eigenvalue weighted by Crippen LogP contribution is -2.17. The van der Waals surface area contributed by atoms with Crippen LogP contribution in [0.1, 0.15) is 42.4 Å². The summed E-state index contributed by atoms with van der Waals surface area (Å²) in [5, 5.41) is 6.08. The van der Waals surface area contributed by atoms with Crippen molar-refractivity contribution < 1.29 is 4.79 Å². The SMILES string of the molecule is CC(C)(C)c1ccc(NC(=O)c2cccnc2NCc2ccccn2)cc1N. The fraction of sp³-hybridized carbons (Fsp3) is 0.227. The second-order valence-corrected chi connectivity index (χ2v) is 7.58. The number of benzene rings is 1. The van der Waals surface area contributed by atoms with Crippen molar-refractivity contribution in [3.05, 3.63) is 77.7 Å².